The molecular weight excluding hydrogens is 602 g/mol. The number of rotatable bonds is 12. The van der Waals surface area contributed by atoms with Crippen LogP contribution in [-0.2, 0) is 4.79 Å². The second kappa shape index (κ2) is 14.4. The molecule has 0 aliphatic carbocycles. The quantitative estimate of drug-likeness (QED) is 0.0981. The van der Waals surface area contributed by atoms with Crippen LogP contribution in [0.2, 0.25) is 0 Å². The van der Waals surface area contributed by atoms with Gasteiger partial charge in [-0.2, -0.15) is 0 Å². The van der Waals surface area contributed by atoms with Gasteiger partial charge in [-0.3, -0.25) is 14.5 Å². The van der Waals surface area contributed by atoms with E-state index in [1.54, 1.807) is 30.3 Å². The number of carbonyl (C=O) groups is 3. The molecule has 0 saturated heterocycles. The number of ether oxygens (including phenoxy) is 5. The molecule has 5 rings (SSSR count). The number of esters is 1. The molecule has 0 saturated carbocycles. The van der Waals surface area contributed by atoms with Crippen LogP contribution < -0.4 is 33.5 Å². The molecule has 0 fully saturated rings. The molecule has 0 aromatic heterocycles. The summed E-state index contributed by atoms with van der Waals surface area (Å²) in [5, 5.41) is 1.89. The van der Waals surface area contributed by atoms with Crippen LogP contribution in [0, 0.1) is 0 Å². The molecule has 0 N–H and O–H groups in total. The zero-order chi connectivity index (χ0) is 33.7. The van der Waals surface area contributed by atoms with Crippen molar-refractivity contribution >= 4 is 40.5 Å². The number of methoxy groups -OCH3 is 1. The van der Waals surface area contributed by atoms with E-state index in [4.69, 9.17) is 23.7 Å². The van der Waals surface area contributed by atoms with Crippen molar-refractivity contribution in [2.45, 2.75) is 19.8 Å². The molecule has 11 nitrogen and oxygen atoms in total. The van der Waals surface area contributed by atoms with Crippen molar-refractivity contribution in [1.82, 2.24) is 4.90 Å². The third kappa shape index (κ3) is 7.10. The van der Waals surface area contributed by atoms with Gasteiger partial charge in [0, 0.05) is 50.1 Å². The molecule has 0 spiro atoms. The number of hydrogen-bond acceptors (Lipinski definition) is 10. The van der Waals surface area contributed by atoms with Crippen molar-refractivity contribution < 1.29 is 38.1 Å². The van der Waals surface area contributed by atoms with Gasteiger partial charge in [0.05, 0.1) is 18.5 Å². The number of fused-ring (bicyclic) bond motifs is 2. The number of para-hydroxylation sites is 2. The number of benzene rings is 4. The van der Waals surface area contributed by atoms with E-state index in [9.17, 15) is 14.4 Å². The highest BCUT2D eigenvalue weighted by Gasteiger charge is 2.25. The molecule has 4 aromatic carbocycles. The van der Waals surface area contributed by atoms with E-state index in [-0.39, 0.29) is 30.5 Å². The third-order valence-electron chi connectivity index (χ3n) is 7.88. The SMILES string of the molecule is CCCC(=O)Oc1ccccc1N(C)C(=O)Oc1cc(C=O)c(-c2ccc3cc4c(cc3c2N(C)CCN(C)C)OCO4)cc1OC. The number of nitrogens with zero attached hydrogens (tertiary/aromatic N) is 3. The molecule has 0 radical (unpaired) electrons. The van der Waals surface area contributed by atoms with E-state index < -0.39 is 12.1 Å². The second-order valence-corrected chi connectivity index (χ2v) is 11.4. The van der Waals surface area contributed by atoms with Crippen molar-refractivity contribution in [3.8, 4) is 39.9 Å². The first-order valence-corrected chi connectivity index (χ1v) is 15.3. The van der Waals surface area contributed by atoms with Gasteiger partial charge in [0.15, 0.2) is 35.0 Å². The summed E-state index contributed by atoms with van der Waals surface area (Å²) in [7, 11) is 9.01. The number of carbonyl (C=O) groups excluding carboxylic acids is 3. The Morgan fingerprint density at radius 1 is 0.851 bits per heavy atom. The molecule has 246 valence electrons. The van der Waals surface area contributed by atoms with Crippen molar-refractivity contribution in [1.29, 1.82) is 0 Å². The lowest BCUT2D eigenvalue weighted by molar-refractivity contribution is -0.134. The lowest BCUT2D eigenvalue weighted by atomic mass is 9.93. The summed E-state index contributed by atoms with van der Waals surface area (Å²) in [5.74, 6) is 1.47. The number of anilines is 2. The highest BCUT2D eigenvalue weighted by atomic mass is 16.7. The third-order valence-corrected chi connectivity index (χ3v) is 7.88. The zero-order valence-corrected chi connectivity index (χ0v) is 27.5. The average Bonchev–Trinajstić information content (AvgIpc) is 3.52. The molecule has 47 heavy (non-hydrogen) atoms. The number of aldehydes is 1. The van der Waals surface area contributed by atoms with E-state index in [1.165, 1.54) is 25.1 Å². The van der Waals surface area contributed by atoms with Crippen molar-refractivity contribution in [3.63, 3.8) is 0 Å². The number of amides is 1. The Balaban J connectivity index is 1.54. The molecule has 0 unspecified atom stereocenters. The van der Waals surface area contributed by atoms with Gasteiger partial charge in [-0.15, -0.1) is 0 Å². The van der Waals surface area contributed by atoms with Crippen LogP contribution in [0.5, 0.6) is 28.7 Å². The lowest BCUT2D eigenvalue weighted by Crippen LogP contribution is -2.30. The first-order valence-electron chi connectivity index (χ1n) is 15.3. The minimum Gasteiger partial charge on any atom is -0.493 e. The van der Waals surface area contributed by atoms with Crippen molar-refractivity contribution in [3.05, 3.63) is 66.2 Å². The predicted octanol–water partition coefficient (Wildman–Crippen LogP) is 6.40. The van der Waals surface area contributed by atoms with Crippen LogP contribution in [0.4, 0.5) is 16.2 Å². The summed E-state index contributed by atoms with van der Waals surface area (Å²) in [6.07, 6.45) is 0.838. The fraction of sp³-hybridized carbons (Fsp3) is 0.306. The average molecular weight is 642 g/mol. The first-order chi connectivity index (χ1) is 22.6. The largest absolute Gasteiger partial charge is 0.493 e. The van der Waals surface area contributed by atoms with Crippen LogP contribution in [0.3, 0.4) is 0 Å². The maximum Gasteiger partial charge on any atom is 0.419 e. The summed E-state index contributed by atoms with van der Waals surface area (Å²) in [6, 6.07) is 17.7. The van der Waals surface area contributed by atoms with E-state index in [2.05, 4.69) is 9.80 Å². The maximum atomic E-state index is 13.4. The molecule has 4 aromatic rings. The highest BCUT2D eigenvalue weighted by molar-refractivity contribution is 6.06. The van der Waals surface area contributed by atoms with Crippen LogP contribution in [0.25, 0.3) is 21.9 Å². The summed E-state index contributed by atoms with van der Waals surface area (Å²) in [6.45, 7) is 3.53. The Hall–Kier alpha value is -5.29. The number of hydrogen-bond donors (Lipinski definition) is 0. The predicted molar refractivity (Wildman–Crippen MR) is 181 cm³/mol. The first kappa shape index (κ1) is 33.1. The Kier molecular flexibility index (Phi) is 10.2. The van der Waals surface area contributed by atoms with Gasteiger partial charge in [-0.05, 0) is 67.9 Å². The molecule has 1 amide bonds. The molecule has 1 aliphatic heterocycles. The van der Waals surface area contributed by atoms with Crippen molar-refractivity contribution in [2.75, 3.05) is 65.0 Å². The Bertz CT molecular complexity index is 1810. The van der Waals surface area contributed by atoms with Gasteiger partial charge in [-0.1, -0.05) is 31.2 Å². The summed E-state index contributed by atoms with van der Waals surface area (Å²) in [4.78, 5) is 43.7. The second-order valence-electron chi connectivity index (χ2n) is 11.4. The Labute approximate surface area is 274 Å². The van der Waals surface area contributed by atoms with Crippen LogP contribution >= 0.6 is 0 Å². The topological polar surface area (TPSA) is 107 Å². The van der Waals surface area contributed by atoms with Gasteiger partial charge in [0.1, 0.15) is 0 Å². The lowest BCUT2D eigenvalue weighted by Gasteiger charge is -2.27. The minimum absolute atomic E-state index is 0.0577. The monoisotopic (exact) mass is 641 g/mol. The summed E-state index contributed by atoms with van der Waals surface area (Å²) in [5.41, 5.74) is 2.93. The molecule has 11 heteroatoms. The fourth-order valence-electron chi connectivity index (χ4n) is 5.39. The van der Waals surface area contributed by atoms with Crippen LogP contribution in [0.1, 0.15) is 30.1 Å². The minimum atomic E-state index is -0.766. The smallest absolute Gasteiger partial charge is 0.419 e. The van der Waals surface area contributed by atoms with Crippen molar-refractivity contribution in [2.24, 2.45) is 0 Å². The number of likely N-dealkylation sites (N-methyl/N-ethyl adjacent to an activating group) is 2. The van der Waals surface area contributed by atoms with E-state index in [0.717, 1.165) is 34.9 Å². The maximum absolute atomic E-state index is 13.4. The van der Waals surface area contributed by atoms with Gasteiger partial charge in [0.2, 0.25) is 6.79 Å². The zero-order valence-electron chi connectivity index (χ0n) is 27.5. The summed E-state index contributed by atoms with van der Waals surface area (Å²) < 4.78 is 28.3. The van der Waals surface area contributed by atoms with E-state index in [1.807, 2.05) is 52.3 Å². The molecular formula is C36H39N3O8. The molecule has 0 atom stereocenters. The van der Waals surface area contributed by atoms with Gasteiger partial charge < -0.3 is 33.5 Å². The Morgan fingerprint density at radius 3 is 2.30 bits per heavy atom. The van der Waals surface area contributed by atoms with Gasteiger partial charge >= 0.3 is 12.1 Å². The van der Waals surface area contributed by atoms with E-state index in [0.29, 0.717) is 41.3 Å². The van der Waals surface area contributed by atoms with E-state index >= 15 is 0 Å². The van der Waals surface area contributed by atoms with Crippen LogP contribution in [0.15, 0.2) is 60.7 Å². The molecule has 1 aliphatic rings. The molecule has 1 heterocycles. The standard InChI is InChI=1S/C36H39N3O8/c1-7-10-34(41)46-29-12-9-8-11-28(29)39(5)36(42)47-33-18-24(21-40)26(19-30(33)43-6)25-14-13-23-17-31-32(45-22-44-31)20-27(23)35(25)38(4)16-15-37(2)3/h8-9,11-14,17-21H,7,10,15-16,22H2,1-6H3. The van der Waals surface area contributed by atoms with Gasteiger partial charge in [0.25, 0.3) is 0 Å². The summed E-state index contributed by atoms with van der Waals surface area (Å²) >= 11 is 0. The Morgan fingerprint density at radius 2 is 1.60 bits per heavy atom. The normalized spacial score (nSPS) is 11.8. The highest BCUT2D eigenvalue weighted by Crippen LogP contribution is 2.45. The van der Waals surface area contributed by atoms with Crippen LogP contribution in [-0.4, -0.2) is 78.4 Å². The molecule has 0 bridgehead atoms. The van der Waals surface area contributed by atoms with Gasteiger partial charge in [-0.25, -0.2) is 4.79 Å². The fourth-order valence-corrected chi connectivity index (χ4v) is 5.39.